The van der Waals surface area contributed by atoms with E-state index in [4.69, 9.17) is 21.1 Å². The minimum absolute atomic E-state index is 0.127. The molecule has 2 heterocycles. The number of benzene rings is 1. The average molecular weight is 339 g/mol. The Morgan fingerprint density at radius 1 is 1.32 bits per heavy atom. The highest BCUT2D eigenvalue weighted by atomic mass is 35.5. The second kappa shape index (κ2) is 6.62. The van der Waals surface area contributed by atoms with E-state index in [9.17, 15) is 4.79 Å². The van der Waals surface area contributed by atoms with E-state index in [-0.39, 0.29) is 12.4 Å². The molecule has 0 radical (unpaired) electrons. The van der Waals surface area contributed by atoms with Crippen LogP contribution in [0.3, 0.4) is 0 Å². The number of hydrogen-bond donors (Lipinski definition) is 1. The summed E-state index contributed by atoms with van der Waals surface area (Å²) >= 11 is 7.69. The Labute approximate surface area is 137 Å². The first-order valence-corrected chi connectivity index (χ1v) is 8.33. The third-order valence-electron chi connectivity index (χ3n) is 3.19. The molecule has 0 fully saturated rings. The van der Waals surface area contributed by atoms with Crippen LogP contribution in [-0.2, 0) is 12.2 Å². The van der Waals surface area contributed by atoms with Gasteiger partial charge in [0.2, 0.25) is 6.79 Å². The van der Waals surface area contributed by atoms with E-state index in [1.165, 1.54) is 11.8 Å². The standard InChI is InChI=1S/C15H15ClN2O3S/c1-2-3-10-5-14(19)18-15(17-10)22-7-9-4-12-13(6-11(9)16)21-8-20-12/h4-6H,2-3,7-8H2,1H3,(H,17,18,19). The Bertz CT molecular complexity index is 748. The fourth-order valence-corrected chi connectivity index (χ4v) is 3.34. The lowest BCUT2D eigenvalue weighted by atomic mass is 10.2. The van der Waals surface area contributed by atoms with Gasteiger partial charge in [-0.15, -0.1) is 0 Å². The molecule has 1 N–H and O–H groups in total. The summed E-state index contributed by atoms with van der Waals surface area (Å²) in [5, 5.41) is 1.22. The van der Waals surface area contributed by atoms with Crippen LogP contribution in [0.4, 0.5) is 0 Å². The Morgan fingerprint density at radius 2 is 2.09 bits per heavy atom. The summed E-state index contributed by atoms with van der Waals surface area (Å²) in [5.74, 6) is 1.95. The molecule has 1 aromatic heterocycles. The minimum Gasteiger partial charge on any atom is -0.454 e. The fraction of sp³-hybridized carbons (Fsp3) is 0.333. The summed E-state index contributed by atoms with van der Waals surface area (Å²) in [6.07, 6.45) is 1.75. The van der Waals surface area contributed by atoms with E-state index in [0.717, 1.165) is 24.1 Å². The van der Waals surface area contributed by atoms with Gasteiger partial charge in [0.25, 0.3) is 5.56 Å². The van der Waals surface area contributed by atoms with Gasteiger partial charge in [-0.2, -0.15) is 0 Å². The van der Waals surface area contributed by atoms with Crippen molar-refractivity contribution in [3.63, 3.8) is 0 Å². The molecule has 0 atom stereocenters. The number of rotatable bonds is 5. The van der Waals surface area contributed by atoms with Gasteiger partial charge in [-0.1, -0.05) is 36.7 Å². The third kappa shape index (κ3) is 3.39. The number of hydrogen-bond acceptors (Lipinski definition) is 5. The molecule has 5 nitrogen and oxygen atoms in total. The van der Waals surface area contributed by atoms with Gasteiger partial charge in [0, 0.05) is 28.6 Å². The summed E-state index contributed by atoms with van der Waals surface area (Å²) in [4.78, 5) is 18.8. The number of aromatic nitrogens is 2. The normalized spacial score (nSPS) is 12.6. The van der Waals surface area contributed by atoms with E-state index < -0.39 is 0 Å². The van der Waals surface area contributed by atoms with Crippen molar-refractivity contribution in [2.24, 2.45) is 0 Å². The van der Waals surface area contributed by atoms with Crippen molar-refractivity contribution in [3.8, 4) is 11.5 Å². The molecule has 0 bridgehead atoms. The van der Waals surface area contributed by atoms with Crippen LogP contribution < -0.4 is 15.0 Å². The molecule has 7 heteroatoms. The smallest absolute Gasteiger partial charge is 0.251 e. The lowest BCUT2D eigenvalue weighted by Crippen LogP contribution is -2.10. The first kappa shape index (κ1) is 15.2. The molecule has 0 saturated carbocycles. The molecule has 0 unspecified atom stereocenters. The van der Waals surface area contributed by atoms with Gasteiger partial charge >= 0.3 is 0 Å². The fourth-order valence-electron chi connectivity index (χ4n) is 2.15. The van der Waals surface area contributed by atoms with Crippen LogP contribution in [0.1, 0.15) is 24.6 Å². The number of aryl methyl sites for hydroxylation is 1. The number of halogens is 1. The van der Waals surface area contributed by atoms with Crippen molar-refractivity contribution in [2.75, 3.05) is 6.79 Å². The summed E-state index contributed by atoms with van der Waals surface area (Å²) in [7, 11) is 0. The predicted molar refractivity (Wildman–Crippen MR) is 86.0 cm³/mol. The van der Waals surface area contributed by atoms with Gasteiger partial charge in [0.15, 0.2) is 16.7 Å². The number of nitrogens with zero attached hydrogens (tertiary/aromatic N) is 1. The first-order valence-electron chi connectivity index (χ1n) is 6.96. The zero-order chi connectivity index (χ0) is 15.5. The SMILES string of the molecule is CCCc1cc(=O)[nH]c(SCc2cc3c(cc2Cl)OCO3)n1. The summed E-state index contributed by atoms with van der Waals surface area (Å²) in [5.41, 5.74) is 1.60. The van der Waals surface area contributed by atoms with Crippen molar-refractivity contribution in [2.45, 2.75) is 30.7 Å². The maximum Gasteiger partial charge on any atom is 0.251 e. The highest BCUT2D eigenvalue weighted by molar-refractivity contribution is 7.98. The van der Waals surface area contributed by atoms with Crippen molar-refractivity contribution in [1.29, 1.82) is 0 Å². The van der Waals surface area contributed by atoms with E-state index >= 15 is 0 Å². The van der Waals surface area contributed by atoms with Gasteiger partial charge in [-0.25, -0.2) is 4.98 Å². The van der Waals surface area contributed by atoms with Crippen LogP contribution in [0.2, 0.25) is 5.02 Å². The van der Waals surface area contributed by atoms with Crippen molar-refractivity contribution in [3.05, 3.63) is 44.8 Å². The molecule has 3 rings (SSSR count). The Morgan fingerprint density at radius 3 is 2.86 bits per heavy atom. The van der Waals surface area contributed by atoms with Crippen LogP contribution in [0, 0.1) is 0 Å². The van der Waals surface area contributed by atoms with Crippen molar-refractivity contribution < 1.29 is 9.47 Å². The second-order valence-electron chi connectivity index (χ2n) is 4.88. The molecule has 0 aliphatic carbocycles. The Balaban J connectivity index is 1.76. The van der Waals surface area contributed by atoms with Gasteiger partial charge in [0.05, 0.1) is 0 Å². The second-order valence-corrected chi connectivity index (χ2v) is 6.25. The van der Waals surface area contributed by atoms with Gasteiger partial charge in [-0.3, -0.25) is 4.79 Å². The van der Waals surface area contributed by atoms with Crippen LogP contribution >= 0.6 is 23.4 Å². The largest absolute Gasteiger partial charge is 0.454 e. The highest BCUT2D eigenvalue weighted by Crippen LogP contribution is 2.38. The van der Waals surface area contributed by atoms with Crippen LogP contribution in [0.25, 0.3) is 0 Å². The maximum atomic E-state index is 11.6. The Kier molecular flexibility index (Phi) is 4.59. The molecule has 0 amide bonds. The highest BCUT2D eigenvalue weighted by Gasteiger charge is 2.16. The number of ether oxygens (including phenoxy) is 2. The molecule has 2 aromatic rings. The summed E-state index contributed by atoms with van der Waals surface area (Å²) in [6.45, 7) is 2.28. The third-order valence-corrected chi connectivity index (χ3v) is 4.46. The average Bonchev–Trinajstić information content (AvgIpc) is 2.91. The van der Waals surface area contributed by atoms with E-state index in [1.54, 1.807) is 12.1 Å². The minimum atomic E-state index is -0.127. The van der Waals surface area contributed by atoms with Gasteiger partial charge in [-0.05, 0) is 18.1 Å². The van der Waals surface area contributed by atoms with Gasteiger partial charge < -0.3 is 14.5 Å². The summed E-state index contributed by atoms with van der Waals surface area (Å²) in [6, 6.07) is 5.16. The van der Waals surface area contributed by atoms with E-state index in [1.807, 2.05) is 6.07 Å². The maximum absolute atomic E-state index is 11.6. The number of fused-ring (bicyclic) bond motifs is 1. The molecular formula is C15H15ClN2O3S. The monoisotopic (exact) mass is 338 g/mol. The number of H-pyrrole nitrogens is 1. The van der Waals surface area contributed by atoms with Crippen molar-refractivity contribution in [1.82, 2.24) is 9.97 Å². The predicted octanol–water partition coefficient (Wildman–Crippen LogP) is 3.40. The molecule has 22 heavy (non-hydrogen) atoms. The molecule has 1 aromatic carbocycles. The molecule has 1 aliphatic heterocycles. The quantitative estimate of drug-likeness (QED) is 0.668. The number of nitrogens with one attached hydrogen (secondary N) is 1. The lowest BCUT2D eigenvalue weighted by molar-refractivity contribution is 0.174. The molecular weight excluding hydrogens is 324 g/mol. The Hall–Kier alpha value is -1.66. The lowest BCUT2D eigenvalue weighted by Gasteiger charge is -2.06. The van der Waals surface area contributed by atoms with E-state index in [0.29, 0.717) is 27.4 Å². The first-order chi connectivity index (χ1) is 10.7. The molecule has 1 aliphatic rings. The van der Waals surface area contributed by atoms with Crippen LogP contribution in [-0.4, -0.2) is 16.8 Å². The summed E-state index contributed by atoms with van der Waals surface area (Å²) < 4.78 is 10.6. The molecule has 0 spiro atoms. The topological polar surface area (TPSA) is 64.2 Å². The molecule has 0 saturated heterocycles. The van der Waals surface area contributed by atoms with Crippen LogP contribution in [0.5, 0.6) is 11.5 Å². The van der Waals surface area contributed by atoms with Crippen molar-refractivity contribution >= 4 is 23.4 Å². The zero-order valence-electron chi connectivity index (χ0n) is 12.0. The van der Waals surface area contributed by atoms with E-state index in [2.05, 4.69) is 16.9 Å². The zero-order valence-corrected chi connectivity index (χ0v) is 13.6. The number of aromatic amines is 1. The number of thioether (sulfide) groups is 1. The van der Waals surface area contributed by atoms with Gasteiger partial charge in [0.1, 0.15) is 0 Å². The molecule has 116 valence electrons. The van der Waals surface area contributed by atoms with Crippen LogP contribution in [0.15, 0.2) is 28.2 Å².